The van der Waals surface area contributed by atoms with Gasteiger partial charge in [0.15, 0.2) is 23.0 Å². The van der Waals surface area contributed by atoms with Crippen molar-refractivity contribution in [1.29, 1.82) is 5.26 Å². The van der Waals surface area contributed by atoms with Gasteiger partial charge in [0.2, 0.25) is 0 Å². The van der Waals surface area contributed by atoms with Gasteiger partial charge in [0.05, 0.1) is 33.6 Å². The van der Waals surface area contributed by atoms with E-state index in [4.69, 9.17) is 23.4 Å². The normalized spacial score (nSPS) is 11.1. The number of hydrogen-bond donors (Lipinski definition) is 1. The lowest BCUT2D eigenvalue weighted by molar-refractivity contribution is -0.129. The molecule has 0 saturated carbocycles. The van der Waals surface area contributed by atoms with Crippen molar-refractivity contribution in [1.82, 2.24) is 5.32 Å². The molecule has 9 nitrogen and oxygen atoms in total. The van der Waals surface area contributed by atoms with Crippen LogP contribution in [0, 0.1) is 11.3 Å². The Bertz CT molecular complexity index is 1390. The van der Waals surface area contributed by atoms with Crippen LogP contribution in [0.1, 0.15) is 43.1 Å². The average molecular weight is 545 g/mol. The minimum Gasteiger partial charge on any atom is -0.493 e. The summed E-state index contributed by atoms with van der Waals surface area (Å²) < 4.78 is 27.2. The summed E-state index contributed by atoms with van der Waals surface area (Å²) in [5.74, 6) is 1.06. The average Bonchev–Trinajstić information content (AvgIpc) is 3.50. The molecule has 1 N–H and O–H groups in total. The van der Waals surface area contributed by atoms with E-state index in [0.29, 0.717) is 29.4 Å². The maximum atomic E-state index is 12.5. The molecule has 0 aliphatic carbocycles. The second kappa shape index (κ2) is 15.4. The first kappa shape index (κ1) is 29.6. The van der Waals surface area contributed by atoms with Crippen LogP contribution in [-0.2, 0) is 16.1 Å². The number of carbonyl (C=O) groups excluding carboxylic acids is 2. The predicted octanol–water partition coefficient (Wildman–Crippen LogP) is 5.71. The van der Waals surface area contributed by atoms with E-state index in [-0.39, 0.29) is 23.6 Å². The van der Waals surface area contributed by atoms with Crippen LogP contribution in [0.3, 0.4) is 0 Å². The fourth-order valence-electron chi connectivity index (χ4n) is 3.60. The van der Waals surface area contributed by atoms with Gasteiger partial charge in [0, 0.05) is 6.08 Å². The van der Waals surface area contributed by atoms with Gasteiger partial charge in [-0.25, -0.2) is 4.79 Å². The fourth-order valence-corrected chi connectivity index (χ4v) is 3.60. The van der Waals surface area contributed by atoms with E-state index < -0.39 is 11.9 Å². The van der Waals surface area contributed by atoms with Gasteiger partial charge in [-0.3, -0.25) is 4.79 Å². The summed E-state index contributed by atoms with van der Waals surface area (Å²) in [7, 11) is 2.99. The van der Waals surface area contributed by atoms with Gasteiger partial charge in [-0.1, -0.05) is 31.9 Å². The number of rotatable bonds is 14. The topological polar surface area (TPSA) is 120 Å². The Hall–Kier alpha value is -4.97. The summed E-state index contributed by atoms with van der Waals surface area (Å²) in [6.07, 6.45) is 8.99. The summed E-state index contributed by atoms with van der Waals surface area (Å²) in [5.41, 5.74) is 1.14. The van der Waals surface area contributed by atoms with Crippen LogP contribution in [0.25, 0.3) is 12.2 Å². The first-order valence-corrected chi connectivity index (χ1v) is 12.8. The molecule has 0 aliphatic rings. The summed E-state index contributed by atoms with van der Waals surface area (Å²) in [4.78, 5) is 24.9. The number of amides is 1. The molecule has 3 aromatic rings. The molecule has 0 unspecified atom stereocenters. The minimum absolute atomic E-state index is 0.103. The van der Waals surface area contributed by atoms with E-state index >= 15 is 0 Å². The van der Waals surface area contributed by atoms with Crippen molar-refractivity contribution in [2.75, 3.05) is 20.8 Å². The molecule has 0 aliphatic heterocycles. The highest BCUT2D eigenvalue weighted by Gasteiger charge is 2.13. The fraction of sp³-hybridized carbons (Fsp3) is 0.258. The number of methoxy groups -OCH3 is 2. The smallest absolute Gasteiger partial charge is 0.336 e. The standard InChI is InChI=1S/C31H32N2O7/c1-4-5-6-15-39-26-12-9-22(18-28(26)36-2)11-14-30(34)40-27-13-10-23(19-29(27)37-3)17-24(20-32)31(35)33-21-25-8-7-16-38-25/h7-14,16-19H,4-6,15,21H2,1-3H3,(H,33,35)/b14-11+,24-17+. The van der Waals surface area contributed by atoms with E-state index in [1.165, 1.54) is 31.6 Å². The first-order chi connectivity index (χ1) is 19.5. The molecule has 0 atom stereocenters. The van der Waals surface area contributed by atoms with Crippen molar-refractivity contribution in [3.8, 4) is 29.1 Å². The molecule has 2 aromatic carbocycles. The number of nitriles is 1. The van der Waals surface area contributed by atoms with E-state index in [2.05, 4.69) is 12.2 Å². The van der Waals surface area contributed by atoms with Crippen LogP contribution in [-0.4, -0.2) is 32.7 Å². The number of benzene rings is 2. The Kier molecular flexibility index (Phi) is 11.4. The molecule has 0 fully saturated rings. The minimum atomic E-state index is -0.615. The van der Waals surface area contributed by atoms with E-state index in [0.717, 1.165) is 24.8 Å². The zero-order chi connectivity index (χ0) is 28.7. The number of nitrogens with one attached hydrogen (secondary N) is 1. The number of nitrogens with zero attached hydrogens (tertiary/aromatic N) is 1. The van der Waals surface area contributed by atoms with Gasteiger partial charge in [0.1, 0.15) is 17.4 Å². The van der Waals surface area contributed by atoms with E-state index in [1.54, 1.807) is 49.6 Å². The van der Waals surface area contributed by atoms with Crippen LogP contribution >= 0.6 is 0 Å². The first-order valence-electron chi connectivity index (χ1n) is 12.8. The zero-order valence-corrected chi connectivity index (χ0v) is 22.8. The number of esters is 1. The van der Waals surface area contributed by atoms with Crippen LogP contribution in [0.2, 0.25) is 0 Å². The molecule has 1 aromatic heterocycles. The van der Waals surface area contributed by atoms with E-state index in [1.807, 2.05) is 12.1 Å². The third kappa shape index (κ3) is 8.81. The van der Waals surface area contributed by atoms with Crippen LogP contribution in [0.5, 0.6) is 23.0 Å². The van der Waals surface area contributed by atoms with Crippen molar-refractivity contribution in [3.05, 3.63) is 83.3 Å². The van der Waals surface area contributed by atoms with Gasteiger partial charge in [0.25, 0.3) is 5.91 Å². The Balaban J connectivity index is 1.64. The summed E-state index contributed by atoms with van der Waals surface area (Å²) in [5, 5.41) is 12.1. The summed E-state index contributed by atoms with van der Waals surface area (Å²) in [6.45, 7) is 2.90. The second-order valence-corrected chi connectivity index (χ2v) is 8.56. The number of hydrogen-bond acceptors (Lipinski definition) is 8. The Morgan fingerprint density at radius 2 is 1.70 bits per heavy atom. The lowest BCUT2D eigenvalue weighted by atomic mass is 10.1. The van der Waals surface area contributed by atoms with E-state index in [9.17, 15) is 14.9 Å². The second-order valence-electron chi connectivity index (χ2n) is 8.56. The molecular formula is C31H32N2O7. The predicted molar refractivity (Wildman–Crippen MR) is 150 cm³/mol. The van der Waals surface area contributed by atoms with Gasteiger partial charge < -0.3 is 28.7 Å². The highest BCUT2D eigenvalue weighted by atomic mass is 16.6. The van der Waals surface area contributed by atoms with Crippen molar-refractivity contribution in [2.45, 2.75) is 32.7 Å². The van der Waals surface area contributed by atoms with Gasteiger partial charge in [-0.2, -0.15) is 5.26 Å². The van der Waals surface area contributed by atoms with Crippen LogP contribution in [0.4, 0.5) is 0 Å². The molecule has 0 bridgehead atoms. The third-order valence-corrected chi connectivity index (χ3v) is 5.68. The zero-order valence-electron chi connectivity index (χ0n) is 22.8. The molecule has 0 radical (unpaired) electrons. The van der Waals surface area contributed by atoms with Crippen molar-refractivity contribution < 1.29 is 33.0 Å². The SMILES string of the molecule is CCCCCOc1ccc(/C=C/C(=O)Oc2ccc(/C=C(\C#N)C(=O)NCc3ccco3)cc2OC)cc1OC. The Morgan fingerprint density at radius 1 is 0.975 bits per heavy atom. The molecule has 3 rings (SSSR count). The van der Waals surface area contributed by atoms with Gasteiger partial charge in [-0.15, -0.1) is 0 Å². The number of unbranched alkanes of at least 4 members (excludes halogenated alkanes) is 2. The molecule has 208 valence electrons. The third-order valence-electron chi connectivity index (χ3n) is 5.68. The molecule has 1 amide bonds. The lowest BCUT2D eigenvalue weighted by Crippen LogP contribution is -2.23. The molecular weight excluding hydrogens is 512 g/mol. The molecule has 9 heteroatoms. The lowest BCUT2D eigenvalue weighted by Gasteiger charge is -2.11. The summed E-state index contributed by atoms with van der Waals surface area (Å²) >= 11 is 0. The van der Waals surface area contributed by atoms with Gasteiger partial charge in [-0.05, 0) is 66.1 Å². The maximum Gasteiger partial charge on any atom is 0.336 e. The van der Waals surface area contributed by atoms with Crippen LogP contribution in [0.15, 0.2) is 70.9 Å². The summed E-state index contributed by atoms with van der Waals surface area (Å²) in [6, 6.07) is 15.4. The van der Waals surface area contributed by atoms with Crippen molar-refractivity contribution >= 4 is 24.0 Å². The highest BCUT2D eigenvalue weighted by molar-refractivity contribution is 6.01. The van der Waals surface area contributed by atoms with Crippen LogP contribution < -0.4 is 24.3 Å². The number of carbonyl (C=O) groups is 2. The molecule has 0 spiro atoms. The molecule has 40 heavy (non-hydrogen) atoms. The highest BCUT2D eigenvalue weighted by Crippen LogP contribution is 2.30. The van der Waals surface area contributed by atoms with Gasteiger partial charge >= 0.3 is 5.97 Å². The number of furan rings is 1. The van der Waals surface area contributed by atoms with Crippen molar-refractivity contribution in [2.24, 2.45) is 0 Å². The maximum absolute atomic E-state index is 12.5. The molecule has 1 heterocycles. The monoisotopic (exact) mass is 544 g/mol. The molecule has 0 saturated heterocycles. The Morgan fingerprint density at radius 3 is 2.40 bits per heavy atom. The quantitative estimate of drug-likeness (QED) is 0.0901. The largest absolute Gasteiger partial charge is 0.493 e. The number of ether oxygens (including phenoxy) is 4. The Labute approximate surface area is 233 Å². The van der Waals surface area contributed by atoms with Crippen molar-refractivity contribution in [3.63, 3.8) is 0 Å².